The number of aryl methyl sites for hydroxylation is 2. The van der Waals surface area contributed by atoms with E-state index in [-0.39, 0.29) is 0 Å². The summed E-state index contributed by atoms with van der Waals surface area (Å²) in [7, 11) is 1.95. The maximum absolute atomic E-state index is 10.8. The van der Waals surface area contributed by atoms with Crippen LogP contribution in [-0.4, -0.2) is 20.6 Å². The first kappa shape index (κ1) is 12.7. The van der Waals surface area contributed by atoms with Crippen molar-refractivity contribution in [1.29, 1.82) is 0 Å². The van der Waals surface area contributed by atoms with E-state index in [9.17, 15) is 4.79 Å². The van der Waals surface area contributed by atoms with Crippen LogP contribution in [0.3, 0.4) is 0 Å². The summed E-state index contributed by atoms with van der Waals surface area (Å²) in [5, 5.41) is 9.85. The van der Waals surface area contributed by atoms with Crippen LogP contribution in [0.2, 0.25) is 0 Å². The van der Waals surface area contributed by atoms with Crippen LogP contribution >= 0.6 is 11.8 Å². The molecule has 94 valence electrons. The Labute approximate surface area is 110 Å². The van der Waals surface area contributed by atoms with Crippen LogP contribution in [0.15, 0.2) is 35.7 Å². The molecular weight excluding hydrogens is 248 g/mol. The first-order chi connectivity index (χ1) is 8.58. The van der Waals surface area contributed by atoms with Crippen LogP contribution < -0.4 is 0 Å². The Morgan fingerprint density at radius 2 is 2.28 bits per heavy atom. The van der Waals surface area contributed by atoms with Crippen molar-refractivity contribution >= 4 is 17.7 Å². The van der Waals surface area contributed by atoms with Gasteiger partial charge in [0.15, 0.2) is 5.16 Å². The van der Waals surface area contributed by atoms with E-state index in [0.717, 1.165) is 22.0 Å². The molecule has 0 unspecified atom stereocenters. The van der Waals surface area contributed by atoms with Crippen molar-refractivity contribution in [1.82, 2.24) is 9.55 Å². The van der Waals surface area contributed by atoms with Gasteiger partial charge in [-0.1, -0.05) is 17.8 Å². The number of nitrogens with zero attached hydrogens (tertiary/aromatic N) is 2. The fourth-order valence-electron chi connectivity index (χ4n) is 1.62. The molecule has 1 aromatic carbocycles. The van der Waals surface area contributed by atoms with Gasteiger partial charge in [0, 0.05) is 25.2 Å². The molecule has 2 rings (SSSR count). The molecule has 0 fully saturated rings. The average Bonchev–Trinajstić information content (AvgIpc) is 2.73. The number of carboxylic acid groups (broad SMARTS) is 1. The minimum absolute atomic E-state index is 0.332. The summed E-state index contributed by atoms with van der Waals surface area (Å²) in [5.41, 5.74) is 2.46. The summed E-state index contributed by atoms with van der Waals surface area (Å²) in [5.74, 6) is -0.0993. The Hall–Kier alpha value is -1.75. The molecule has 0 radical (unpaired) electrons. The standard InChI is InChI=1S/C13H14N2O2S/c1-9-7-10(12(16)17)3-4-11(9)8-18-13-14-5-6-15(13)2/h3-7H,8H2,1-2H3,(H,16,17). The second-order valence-electron chi connectivity index (χ2n) is 4.06. The summed E-state index contributed by atoms with van der Waals surface area (Å²) < 4.78 is 1.96. The highest BCUT2D eigenvalue weighted by molar-refractivity contribution is 7.98. The fraction of sp³-hybridized carbons (Fsp3) is 0.231. The lowest BCUT2D eigenvalue weighted by molar-refractivity contribution is 0.0697. The predicted molar refractivity (Wildman–Crippen MR) is 70.9 cm³/mol. The van der Waals surface area contributed by atoms with Crippen molar-refractivity contribution in [3.63, 3.8) is 0 Å². The van der Waals surface area contributed by atoms with Crippen LogP contribution in [-0.2, 0) is 12.8 Å². The molecule has 0 aliphatic rings. The molecule has 2 aromatic rings. The van der Waals surface area contributed by atoms with Gasteiger partial charge < -0.3 is 9.67 Å². The number of aromatic carboxylic acids is 1. The topological polar surface area (TPSA) is 55.1 Å². The number of imidazole rings is 1. The summed E-state index contributed by atoms with van der Waals surface area (Å²) >= 11 is 1.64. The van der Waals surface area contributed by atoms with Crippen LogP contribution in [0, 0.1) is 6.92 Å². The number of hydrogen-bond acceptors (Lipinski definition) is 3. The molecule has 0 bridgehead atoms. The average molecular weight is 262 g/mol. The lowest BCUT2D eigenvalue weighted by atomic mass is 10.1. The minimum atomic E-state index is -0.888. The van der Waals surface area contributed by atoms with E-state index in [0.29, 0.717) is 5.56 Å². The van der Waals surface area contributed by atoms with Crippen LogP contribution in [0.4, 0.5) is 0 Å². The molecule has 1 N–H and O–H groups in total. The van der Waals surface area contributed by atoms with Gasteiger partial charge in [0.1, 0.15) is 0 Å². The predicted octanol–water partition coefficient (Wildman–Crippen LogP) is 2.72. The number of hydrogen-bond donors (Lipinski definition) is 1. The van der Waals surface area contributed by atoms with Gasteiger partial charge in [0.25, 0.3) is 0 Å². The molecule has 4 nitrogen and oxygen atoms in total. The van der Waals surface area contributed by atoms with E-state index in [1.807, 2.05) is 30.8 Å². The van der Waals surface area contributed by atoms with Gasteiger partial charge in [-0.15, -0.1) is 0 Å². The van der Waals surface area contributed by atoms with Gasteiger partial charge in [0.2, 0.25) is 0 Å². The number of benzene rings is 1. The zero-order valence-electron chi connectivity index (χ0n) is 10.3. The van der Waals surface area contributed by atoms with Crippen LogP contribution in [0.5, 0.6) is 0 Å². The molecule has 0 spiro atoms. The van der Waals surface area contributed by atoms with E-state index >= 15 is 0 Å². The first-order valence-corrected chi connectivity index (χ1v) is 6.49. The molecule has 0 saturated heterocycles. The molecule has 1 heterocycles. The highest BCUT2D eigenvalue weighted by atomic mass is 32.2. The lowest BCUT2D eigenvalue weighted by Gasteiger charge is -2.06. The molecule has 0 aliphatic carbocycles. The number of rotatable bonds is 4. The van der Waals surface area contributed by atoms with Gasteiger partial charge >= 0.3 is 5.97 Å². The Balaban J connectivity index is 2.11. The summed E-state index contributed by atoms with van der Waals surface area (Å²) in [6, 6.07) is 5.22. The quantitative estimate of drug-likeness (QED) is 0.861. The number of carboxylic acids is 1. The second-order valence-corrected chi connectivity index (χ2v) is 5.00. The highest BCUT2D eigenvalue weighted by Gasteiger charge is 2.07. The highest BCUT2D eigenvalue weighted by Crippen LogP contribution is 2.23. The third-order valence-electron chi connectivity index (χ3n) is 2.72. The van der Waals surface area contributed by atoms with E-state index in [4.69, 9.17) is 5.11 Å². The van der Waals surface area contributed by atoms with Crippen molar-refractivity contribution in [2.75, 3.05) is 0 Å². The van der Waals surface area contributed by atoms with E-state index in [1.54, 1.807) is 30.1 Å². The van der Waals surface area contributed by atoms with Crippen LogP contribution in [0.25, 0.3) is 0 Å². The third-order valence-corrected chi connectivity index (χ3v) is 3.83. The largest absolute Gasteiger partial charge is 0.478 e. The van der Waals surface area contributed by atoms with Crippen molar-refractivity contribution < 1.29 is 9.90 Å². The van der Waals surface area contributed by atoms with E-state index < -0.39 is 5.97 Å². The third kappa shape index (κ3) is 2.73. The van der Waals surface area contributed by atoms with Gasteiger partial charge in [-0.25, -0.2) is 9.78 Å². The second kappa shape index (κ2) is 5.27. The van der Waals surface area contributed by atoms with Gasteiger partial charge in [-0.05, 0) is 30.2 Å². The van der Waals surface area contributed by atoms with Crippen molar-refractivity contribution in [3.05, 3.63) is 47.3 Å². The first-order valence-electron chi connectivity index (χ1n) is 5.51. The zero-order valence-corrected chi connectivity index (χ0v) is 11.1. The minimum Gasteiger partial charge on any atom is -0.478 e. The van der Waals surface area contributed by atoms with Crippen molar-refractivity contribution in [2.24, 2.45) is 7.05 Å². The van der Waals surface area contributed by atoms with E-state index in [2.05, 4.69) is 4.98 Å². The fourth-order valence-corrected chi connectivity index (χ4v) is 2.63. The molecule has 18 heavy (non-hydrogen) atoms. The van der Waals surface area contributed by atoms with Gasteiger partial charge in [0.05, 0.1) is 5.56 Å². The number of carbonyl (C=O) groups is 1. The number of aromatic nitrogens is 2. The lowest BCUT2D eigenvalue weighted by Crippen LogP contribution is -1.98. The Kier molecular flexibility index (Phi) is 3.72. The molecule has 0 saturated carbocycles. The summed E-state index contributed by atoms with van der Waals surface area (Å²) in [4.78, 5) is 15.1. The zero-order chi connectivity index (χ0) is 13.1. The summed E-state index contributed by atoms with van der Waals surface area (Å²) in [6.07, 6.45) is 3.67. The Bertz CT molecular complexity index is 578. The monoisotopic (exact) mass is 262 g/mol. The Morgan fingerprint density at radius 1 is 1.50 bits per heavy atom. The number of thioether (sulfide) groups is 1. The van der Waals surface area contributed by atoms with Crippen LogP contribution in [0.1, 0.15) is 21.5 Å². The normalized spacial score (nSPS) is 10.6. The van der Waals surface area contributed by atoms with E-state index in [1.165, 1.54) is 0 Å². The molecule has 0 aliphatic heterocycles. The van der Waals surface area contributed by atoms with Crippen molar-refractivity contribution in [3.8, 4) is 0 Å². The van der Waals surface area contributed by atoms with Gasteiger partial charge in [-0.2, -0.15) is 0 Å². The van der Waals surface area contributed by atoms with Crippen molar-refractivity contribution in [2.45, 2.75) is 17.8 Å². The Morgan fingerprint density at radius 3 is 2.83 bits per heavy atom. The molecular formula is C13H14N2O2S. The maximum Gasteiger partial charge on any atom is 0.335 e. The molecule has 0 atom stereocenters. The molecule has 1 aromatic heterocycles. The maximum atomic E-state index is 10.8. The molecule has 0 amide bonds. The summed E-state index contributed by atoms with van der Waals surface area (Å²) in [6.45, 7) is 1.93. The molecule has 5 heteroatoms. The van der Waals surface area contributed by atoms with Gasteiger partial charge in [-0.3, -0.25) is 0 Å². The SMILES string of the molecule is Cc1cc(C(=O)O)ccc1CSc1nccn1C. The smallest absolute Gasteiger partial charge is 0.335 e.